The quantitative estimate of drug-likeness (QED) is 0.872. The molecule has 1 N–H and O–H groups in total. The number of hydrogen-bond acceptors (Lipinski definition) is 3. The zero-order valence-corrected chi connectivity index (χ0v) is 12.8. The first-order valence-electron chi connectivity index (χ1n) is 8.25. The summed E-state index contributed by atoms with van der Waals surface area (Å²) >= 11 is 0. The first kappa shape index (κ1) is 15.0. The fraction of sp³-hybridized carbons (Fsp3) is 0.667. The number of piperidine rings is 1. The SMILES string of the molecule is OCC1(CN2CCC(CCc3ccccc3)CC2)COC1. The van der Waals surface area contributed by atoms with E-state index in [1.807, 2.05) is 0 Å². The lowest BCUT2D eigenvalue weighted by Gasteiger charge is -2.45. The van der Waals surface area contributed by atoms with E-state index in [0.717, 1.165) is 25.7 Å². The molecule has 0 unspecified atom stereocenters. The maximum absolute atomic E-state index is 9.52. The molecule has 2 fully saturated rings. The number of nitrogens with zero attached hydrogens (tertiary/aromatic N) is 1. The molecule has 0 radical (unpaired) electrons. The highest BCUT2D eigenvalue weighted by Crippen LogP contribution is 2.30. The van der Waals surface area contributed by atoms with E-state index in [0.29, 0.717) is 0 Å². The van der Waals surface area contributed by atoms with Gasteiger partial charge in [-0.25, -0.2) is 0 Å². The minimum absolute atomic E-state index is 0.0386. The van der Waals surface area contributed by atoms with Crippen LogP contribution in [0.3, 0.4) is 0 Å². The van der Waals surface area contributed by atoms with E-state index in [2.05, 4.69) is 35.2 Å². The van der Waals surface area contributed by atoms with Gasteiger partial charge in [0.05, 0.1) is 25.2 Å². The molecule has 1 aromatic rings. The van der Waals surface area contributed by atoms with Crippen molar-refractivity contribution in [3.05, 3.63) is 35.9 Å². The molecule has 2 aliphatic heterocycles. The van der Waals surface area contributed by atoms with Crippen molar-refractivity contribution in [1.29, 1.82) is 0 Å². The van der Waals surface area contributed by atoms with Gasteiger partial charge in [-0.1, -0.05) is 30.3 Å². The molecule has 3 nitrogen and oxygen atoms in total. The number of likely N-dealkylation sites (tertiary alicyclic amines) is 1. The van der Waals surface area contributed by atoms with Crippen LogP contribution < -0.4 is 0 Å². The molecule has 0 spiro atoms. The summed E-state index contributed by atoms with van der Waals surface area (Å²) in [7, 11) is 0. The third-order valence-corrected chi connectivity index (χ3v) is 5.10. The second kappa shape index (κ2) is 6.91. The van der Waals surface area contributed by atoms with E-state index in [1.165, 1.54) is 44.3 Å². The Morgan fingerprint density at radius 1 is 1.14 bits per heavy atom. The highest BCUT2D eigenvalue weighted by atomic mass is 16.5. The molecular weight excluding hydrogens is 262 g/mol. The summed E-state index contributed by atoms with van der Waals surface area (Å²) in [6.07, 6.45) is 5.12. The molecule has 0 aromatic heterocycles. The van der Waals surface area contributed by atoms with Crippen molar-refractivity contribution >= 4 is 0 Å². The van der Waals surface area contributed by atoms with Crippen molar-refractivity contribution in [3.63, 3.8) is 0 Å². The minimum atomic E-state index is 0.0386. The average molecular weight is 289 g/mol. The van der Waals surface area contributed by atoms with Gasteiger partial charge in [-0.05, 0) is 50.3 Å². The molecule has 0 atom stereocenters. The van der Waals surface area contributed by atoms with Gasteiger partial charge >= 0.3 is 0 Å². The Labute approximate surface area is 127 Å². The third kappa shape index (κ3) is 3.85. The lowest BCUT2D eigenvalue weighted by Crippen LogP contribution is -2.54. The summed E-state index contributed by atoms with van der Waals surface area (Å²) in [5.41, 5.74) is 1.50. The summed E-state index contributed by atoms with van der Waals surface area (Å²) < 4.78 is 5.29. The normalized spacial score (nSPS) is 22.9. The number of ether oxygens (including phenoxy) is 1. The predicted octanol–water partition coefficient (Wildman–Crippen LogP) is 2.34. The third-order valence-electron chi connectivity index (χ3n) is 5.10. The number of benzene rings is 1. The van der Waals surface area contributed by atoms with Crippen LogP contribution in [0, 0.1) is 11.3 Å². The van der Waals surface area contributed by atoms with Gasteiger partial charge in [0.25, 0.3) is 0 Å². The zero-order chi connectivity index (χ0) is 14.5. The monoisotopic (exact) mass is 289 g/mol. The first-order chi connectivity index (χ1) is 10.3. The molecule has 21 heavy (non-hydrogen) atoms. The van der Waals surface area contributed by atoms with E-state index in [1.54, 1.807) is 0 Å². The van der Waals surface area contributed by atoms with Crippen molar-refractivity contribution in [3.8, 4) is 0 Å². The summed E-state index contributed by atoms with van der Waals surface area (Å²) in [6, 6.07) is 10.8. The Morgan fingerprint density at radius 2 is 1.86 bits per heavy atom. The molecule has 116 valence electrons. The second-order valence-electron chi connectivity index (χ2n) is 6.89. The highest BCUT2D eigenvalue weighted by molar-refractivity contribution is 5.14. The lowest BCUT2D eigenvalue weighted by molar-refractivity contribution is -0.150. The average Bonchev–Trinajstić information content (AvgIpc) is 2.51. The van der Waals surface area contributed by atoms with E-state index < -0.39 is 0 Å². The number of hydrogen-bond donors (Lipinski definition) is 1. The van der Waals surface area contributed by atoms with Crippen molar-refractivity contribution in [2.45, 2.75) is 25.7 Å². The molecule has 2 aliphatic rings. The first-order valence-corrected chi connectivity index (χ1v) is 8.25. The van der Waals surface area contributed by atoms with Gasteiger partial charge in [-0.15, -0.1) is 0 Å². The van der Waals surface area contributed by atoms with Crippen LogP contribution in [0.25, 0.3) is 0 Å². The fourth-order valence-electron chi connectivity index (χ4n) is 3.55. The standard InChI is InChI=1S/C18H27NO2/c20-13-18(14-21-15-18)12-19-10-8-17(9-11-19)7-6-16-4-2-1-3-5-16/h1-5,17,20H,6-15H2. The molecule has 0 amide bonds. The molecule has 3 heteroatoms. The fourth-order valence-corrected chi connectivity index (χ4v) is 3.55. The number of rotatable bonds is 6. The summed E-state index contributed by atoms with van der Waals surface area (Å²) in [4.78, 5) is 2.53. The molecule has 0 bridgehead atoms. The molecule has 2 saturated heterocycles. The largest absolute Gasteiger partial charge is 0.396 e. The van der Waals surface area contributed by atoms with Crippen LogP contribution in [0.4, 0.5) is 0 Å². The number of aliphatic hydroxyl groups is 1. The number of aliphatic hydroxyl groups excluding tert-OH is 1. The Bertz CT molecular complexity index is 417. The van der Waals surface area contributed by atoms with Crippen LogP contribution >= 0.6 is 0 Å². The Hall–Kier alpha value is -0.900. The van der Waals surface area contributed by atoms with Gasteiger partial charge in [0.1, 0.15) is 0 Å². The minimum Gasteiger partial charge on any atom is -0.396 e. The second-order valence-corrected chi connectivity index (χ2v) is 6.89. The Kier molecular flexibility index (Phi) is 4.94. The van der Waals surface area contributed by atoms with Gasteiger partial charge in [0.2, 0.25) is 0 Å². The van der Waals surface area contributed by atoms with Gasteiger partial charge in [0.15, 0.2) is 0 Å². The van der Waals surface area contributed by atoms with Gasteiger partial charge in [0, 0.05) is 6.54 Å². The lowest BCUT2D eigenvalue weighted by atomic mass is 9.84. The van der Waals surface area contributed by atoms with Crippen molar-refractivity contribution in [2.24, 2.45) is 11.3 Å². The Morgan fingerprint density at radius 3 is 2.43 bits per heavy atom. The summed E-state index contributed by atoms with van der Waals surface area (Å²) in [5, 5.41) is 9.52. The predicted molar refractivity (Wildman–Crippen MR) is 84.3 cm³/mol. The topological polar surface area (TPSA) is 32.7 Å². The van der Waals surface area contributed by atoms with Crippen LogP contribution in [0.1, 0.15) is 24.8 Å². The molecule has 1 aromatic carbocycles. The van der Waals surface area contributed by atoms with Crippen LogP contribution in [-0.2, 0) is 11.2 Å². The number of aryl methyl sites for hydroxylation is 1. The summed E-state index contributed by atoms with van der Waals surface area (Å²) in [5.74, 6) is 0.865. The Balaban J connectivity index is 1.39. The highest BCUT2D eigenvalue weighted by Gasteiger charge is 2.40. The van der Waals surface area contributed by atoms with Crippen LogP contribution in [0.15, 0.2) is 30.3 Å². The molecule has 0 saturated carbocycles. The van der Waals surface area contributed by atoms with Crippen molar-refractivity contribution in [2.75, 3.05) is 39.5 Å². The maximum atomic E-state index is 9.52. The van der Waals surface area contributed by atoms with Crippen molar-refractivity contribution < 1.29 is 9.84 Å². The van der Waals surface area contributed by atoms with Crippen LogP contribution in [0.5, 0.6) is 0 Å². The van der Waals surface area contributed by atoms with Crippen LogP contribution in [-0.4, -0.2) is 49.5 Å². The van der Waals surface area contributed by atoms with E-state index in [9.17, 15) is 5.11 Å². The molecule has 3 rings (SSSR count). The van der Waals surface area contributed by atoms with Crippen LogP contribution in [0.2, 0.25) is 0 Å². The van der Waals surface area contributed by atoms with Gasteiger partial charge in [-0.3, -0.25) is 0 Å². The van der Waals surface area contributed by atoms with E-state index >= 15 is 0 Å². The molecule has 2 heterocycles. The van der Waals surface area contributed by atoms with Gasteiger partial charge in [-0.2, -0.15) is 0 Å². The molecule has 0 aliphatic carbocycles. The smallest absolute Gasteiger partial charge is 0.0579 e. The zero-order valence-electron chi connectivity index (χ0n) is 12.8. The van der Waals surface area contributed by atoms with Gasteiger partial charge < -0.3 is 14.7 Å². The van der Waals surface area contributed by atoms with E-state index in [4.69, 9.17) is 4.74 Å². The molecular formula is C18H27NO2. The summed E-state index contributed by atoms with van der Waals surface area (Å²) in [6.45, 7) is 5.10. The maximum Gasteiger partial charge on any atom is 0.0579 e. The van der Waals surface area contributed by atoms with E-state index in [-0.39, 0.29) is 12.0 Å². The van der Waals surface area contributed by atoms with Crippen molar-refractivity contribution in [1.82, 2.24) is 4.90 Å².